The van der Waals surface area contributed by atoms with Gasteiger partial charge in [-0.05, 0) is 47.7 Å². The highest BCUT2D eigenvalue weighted by Gasteiger charge is 2.22. The lowest BCUT2D eigenvalue weighted by Gasteiger charge is -2.08. The molecule has 0 aliphatic heterocycles. The molecule has 0 nitrogen and oxygen atoms in total. The summed E-state index contributed by atoms with van der Waals surface area (Å²) in [6.07, 6.45) is 2.51. The molecule has 0 spiro atoms. The molecule has 2 rings (SSSR count). The Bertz CT molecular complexity index is 734. The van der Waals surface area contributed by atoms with Gasteiger partial charge in [-0.15, -0.1) is 0 Å². The second-order valence-electron chi connectivity index (χ2n) is 6.59. The molecule has 0 saturated heterocycles. The summed E-state index contributed by atoms with van der Waals surface area (Å²) in [4.78, 5) is 0. The fourth-order valence-corrected chi connectivity index (χ4v) is 2.88. The first-order valence-electron chi connectivity index (χ1n) is 9.14. The van der Waals surface area contributed by atoms with Gasteiger partial charge in [0.2, 0.25) is 0 Å². The molecule has 0 fully saturated rings. The molecule has 0 amide bonds. The van der Waals surface area contributed by atoms with Crippen LogP contribution in [0.25, 0.3) is 17.2 Å². The lowest BCUT2D eigenvalue weighted by atomic mass is 9.99. The third kappa shape index (κ3) is 6.81. The van der Waals surface area contributed by atoms with Crippen LogP contribution >= 0.6 is 0 Å². The van der Waals surface area contributed by atoms with E-state index in [1.807, 2.05) is 12.1 Å². The smallest absolute Gasteiger partial charge is 0.206 e. The molecule has 0 aliphatic rings. The van der Waals surface area contributed by atoms with E-state index < -0.39 is 23.4 Å². The van der Waals surface area contributed by atoms with Crippen molar-refractivity contribution in [3.05, 3.63) is 65.2 Å². The van der Waals surface area contributed by atoms with Gasteiger partial charge >= 0.3 is 6.18 Å². The molecule has 27 heavy (non-hydrogen) atoms. The summed E-state index contributed by atoms with van der Waals surface area (Å²) in [6, 6.07) is 9.50. The van der Waals surface area contributed by atoms with Gasteiger partial charge < -0.3 is 0 Å². The molecule has 0 N–H and O–H groups in total. The van der Waals surface area contributed by atoms with E-state index in [2.05, 4.69) is 6.92 Å². The molecule has 5 heteroatoms. The van der Waals surface area contributed by atoms with Crippen LogP contribution in [-0.2, 0) is 6.42 Å². The van der Waals surface area contributed by atoms with Crippen LogP contribution in [-0.4, -0.2) is 6.18 Å². The van der Waals surface area contributed by atoms with Crippen molar-refractivity contribution in [1.82, 2.24) is 0 Å². The van der Waals surface area contributed by atoms with Gasteiger partial charge in [0.05, 0.1) is 0 Å². The molecule has 0 saturated carbocycles. The maximum absolute atomic E-state index is 14.1. The Hall–Kier alpha value is -2.17. The third-order valence-electron chi connectivity index (χ3n) is 4.37. The SMILES string of the molecule is CCCCCCCc1ccc(-c2cc(F)c(/C=C/C(F)(F)F)c(F)c2)cc1. The Labute approximate surface area is 156 Å². The normalized spacial score (nSPS) is 12.1. The first-order valence-corrected chi connectivity index (χ1v) is 9.14. The fraction of sp³-hybridized carbons (Fsp3) is 0.364. The molecule has 2 aromatic carbocycles. The molecular weight excluding hydrogens is 359 g/mol. The first-order chi connectivity index (χ1) is 12.8. The molecule has 0 aromatic heterocycles. The van der Waals surface area contributed by atoms with Gasteiger partial charge in [0.1, 0.15) is 11.6 Å². The highest BCUT2D eigenvalue weighted by Crippen LogP contribution is 2.27. The van der Waals surface area contributed by atoms with Crippen molar-refractivity contribution in [1.29, 1.82) is 0 Å². The summed E-state index contributed by atoms with van der Waals surface area (Å²) >= 11 is 0. The number of alkyl halides is 3. The summed E-state index contributed by atoms with van der Waals surface area (Å²) in [6.45, 7) is 2.17. The summed E-state index contributed by atoms with van der Waals surface area (Å²) in [7, 11) is 0. The Morgan fingerprint density at radius 2 is 1.41 bits per heavy atom. The summed E-state index contributed by atoms with van der Waals surface area (Å²) < 4.78 is 64.7. The minimum atomic E-state index is -4.62. The number of halogens is 5. The van der Waals surface area contributed by atoms with E-state index in [1.165, 1.54) is 25.7 Å². The van der Waals surface area contributed by atoms with E-state index in [1.54, 1.807) is 12.1 Å². The summed E-state index contributed by atoms with van der Waals surface area (Å²) in [5, 5.41) is 0. The zero-order valence-corrected chi connectivity index (χ0v) is 15.3. The predicted octanol–water partition coefficient (Wildman–Crippen LogP) is 7.72. The maximum atomic E-state index is 14.1. The average Bonchev–Trinajstić information content (AvgIpc) is 2.60. The average molecular weight is 382 g/mol. The zero-order chi connectivity index (χ0) is 19.9. The van der Waals surface area contributed by atoms with Crippen LogP contribution in [0.3, 0.4) is 0 Å². The summed E-state index contributed by atoms with van der Waals surface area (Å²) in [5.41, 5.74) is 1.37. The van der Waals surface area contributed by atoms with Crippen molar-refractivity contribution < 1.29 is 22.0 Å². The van der Waals surface area contributed by atoms with Gasteiger partial charge in [-0.3, -0.25) is 0 Å². The number of unbranched alkanes of at least 4 members (excludes halogenated alkanes) is 4. The molecular formula is C22H23F5. The lowest BCUT2D eigenvalue weighted by Crippen LogP contribution is -2.01. The van der Waals surface area contributed by atoms with Crippen LogP contribution in [0, 0.1) is 11.6 Å². The second-order valence-corrected chi connectivity index (χ2v) is 6.59. The van der Waals surface area contributed by atoms with Gasteiger partial charge in [0, 0.05) is 11.6 Å². The first kappa shape index (κ1) is 21.1. The largest absolute Gasteiger partial charge is 0.409 e. The second kappa shape index (κ2) is 9.67. The van der Waals surface area contributed by atoms with Crippen molar-refractivity contribution in [3.8, 4) is 11.1 Å². The van der Waals surface area contributed by atoms with Crippen molar-refractivity contribution >= 4 is 6.08 Å². The summed E-state index contributed by atoms with van der Waals surface area (Å²) in [5.74, 6) is -2.05. The van der Waals surface area contributed by atoms with Crippen LogP contribution in [0.2, 0.25) is 0 Å². The van der Waals surface area contributed by atoms with Gasteiger partial charge in [0.15, 0.2) is 0 Å². The standard InChI is InChI=1S/C22H23F5/c1-2-3-4-5-6-7-16-8-10-17(11-9-16)18-14-20(23)19(21(24)15-18)12-13-22(25,26)27/h8-15H,2-7H2,1H3/b13-12+. The van der Waals surface area contributed by atoms with E-state index in [4.69, 9.17) is 0 Å². The predicted molar refractivity (Wildman–Crippen MR) is 99.3 cm³/mol. The van der Waals surface area contributed by atoms with Gasteiger partial charge in [-0.1, -0.05) is 56.9 Å². The third-order valence-corrected chi connectivity index (χ3v) is 4.37. The minimum Gasteiger partial charge on any atom is -0.206 e. The quantitative estimate of drug-likeness (QED) is 0.324. The molecule has 2 aromatic rings. The zero-order valence-electron chi connectivity index (χ0n) is 15.3. The maximum Gasteiger partial charge on any atom is 0.409 e. The minimum absolute atomic E-state index is 0.177. The number of hydrogen-bond acceptors (Lipinski definition) is 0. The van der Waals surface area contributed by atoms with E-state index in [-0.39, 0.29) is 6.08 Å². The molecule has 0 unspecified atom stereocenters. The van der Waals surface area contributed by atoms with Gasteiger partial charge in [-0.2, -0.15) is 13.2 Å². The molecule has 146 valence electrons. The number of aryl methyl sites for hydroxylation is 1. The number of rotatable bonds is 8. The van der Waals surface area contributed by atoms with Crippen molar-refractivity contribution in [2.75, 3.05) is 0 Å². The van der Waals surface area contributed by atoms with Crippen molar-refractivity contribution in [3.63, 3.8) is 0 Å². The Morgan fingerprint density at radius 1 is 0.815 bits per heavy atom. The van der Waals surface area contributed by atoms with E-state index in [0.717, 1.165) is 30.5 Å². The molecule has 0 aliphatic carbocycles. The monoisotopic (exact) mass is 382 g/mol. The van der Waals surface area contributed by atoms with E-state index >= 15 is 0 Å². The topological polar surface area (TPSA) is 0 Å². The molecule has 0 heterocycles. The van der Waals surface area contributed by atoms with Crippen molar-refractivity contribution in [2.45, 2.75) is 51.6 Å². The highest BCUT2D eigenvalue weighted by molar-refractivity contribution is 5.67. The Kier molecular flexibility index (Phi) is 7.57. The fourth-order valence-electron chi connectivity index (χ4n) is 2.88. The van der Waals surface area contributed by atoms with E-state index in [9.17, 15) is 22.0 Å². The van der Waals surface area contributed by atoms with E-state index in [0.29, 0.717) is 17.2 Å². The van der Waals surface area contributed by atoms with Crippen LogP contribution in [0.1, 0.15) is 50.2 Å². The Morgan fingerprint density at radius 3 is 1.96 bits per heavy atom. The Balaban J connectivity index is 2.09. The van der Waals surface area contributed by atoms with Crippen LogP contribution in [0.4, 0.5) is 22.0 Å². The number of benzene rings is 2. The van der Waals surface area contributed by atoms with Gasteiger partial charge in [-0.25, -0.2) is 8.78 Å². The van der Waals surface area contributed by atoms with Crippen LogP contribution < -0.4 is 0 Å². The lowest BCUT2D eigenvalue weighted by molar-refractivity contribution is -0.0790. The number of allylic oxidation sites excluding steroid dienone is 1. The number of hydrogen-bond donors (Lipinski definition) is 0. The van der Waals surface area contributed by atoms with Gasteiger partial charge in [0.25, 0.3) is 0 Å². The molecule has 0 bridgehead atoms. The van der Waals surface area contributed by atoms with Crippen LogP contribution in [0.15, 0.2) is 42.5 Å². The molecule has 0 radical (unpaired) electrons. The molecule has 0 atom stereocenters. The highest BCUT2D eigenvalue weighted by atomic mass is 19.4. The van der Waals surface area contributed by atoms with Crippen molar-refractivity contribution in [2.24, 2.45) is 0 Å². The van der Waals surface area contributed by atoms with Crippen LogP contribution in [0.5, 0.6) is 0 Å².